The van der Waals surface area contributed by atoms with Crippen LogP contribution in [-0.4, -0.2) is 23.4 Å². The first kappa shape index (κ1) is 13.7. The standard InChI is InChI=1S/C16H22N2O/c1-4-11-18(12(2)3)15(19)16(9-10-16)13-5-7-14(17)8-6-13/h4-8,12H,1,9-11,17H2,2-3H3. The molecular weight excluding hydrogens is 236 g/mol. The number of nitrogens with two attached hydrogens (primary N) is 1. The quantitative estimate of drug-likeness (QED) is 0.652. The van der Waals surface area contributed by atoms with Crippen molar-refractivity contribution in [3.63, 3.8) is 0 Å². The molecular formula is C16H22N2O. The molecule has 1 amide bonds. The molecule has 0 unspecified atom stereocenters. The highest BCUT2D eigenvalue weighted by atomic mass is 16.2. The second-order valence-electron chi connectivity index (χ2n) is 5.54. The smallest absolute Gasteiger partial charge is 0.233 e. The first-order chi connectivity index (χ1) is 9.01. The van der Waals surface area contributed by atoms with Gasteiger partial charge in [0.25, 0.3) is 0 Å². The van der Waals surface area contributed by atoms with E-state index in [2.05, 4.69) is 6.58 Å². The maximum atomic E-state index is 12.8. The molecule has 1 saturated carbocycles. The lowest BCUT2D eigenvalue weighted by atomic mass is 9.93. The summed E-state index contributed by atoms with van der Waals surface area (Å²) in [5, 5.41) is 0. The fourth-order valence-corrected chi connectivity index (χ4v) is 2.50. The summed E-state index contributed by atoms with van der Waals surface area (Å²) in [6.07, 6.45) is 3.64. The first-order valence-electron chi connectivity index (χ1n) is 6.79. The Labute approximate surface area is 115 Å². The lowest BCUT2D eigenvalue weighted by Crippen LogP contribution is -2.43. The zero-order valence-corrected chi connectivity index (χ0v) is 11.7. The van der Waals surface area contributed by atoms with Gasteiger partial charge in [0.2, 0.25) is 5.91 Å². The van der Waals surface area contributed by atoms with Crippen LogP contribution in [0.25, 0.3) is 0 Å². The van der Waals surface area contributed by atoms with E-state index in [-0.39, 0.29) is 17.4 Å². The van der Waals surface area contributed by atoms with E-state index in [1.165, 1.54) is 0 Å². The Morgan fingerprint density at radius 3 is 2.42 bits per heavy atom. The van der Waals surface area contributed by atoms with Gasteiger partial charge in [-0.3, -0.25) is 4.79 Å². The zero-order valence-electron chi connectivity index (χ0n) is 11.7. The Kier molecular flexibility index (Phi) is 3.65. The Morgan fingerprint density at radius 1 is 1.42 bits per heavy atom. The molecule has 1 aliphatic carbocycles. The van der Waals surface area contributed by atoms with Gasteiger partial charge in [-0.25, -0.2) is 0 Å². The molecule has 0 radical (unpaired) electrons. The molecule has 3 nitrogen and oxygen atoms in total. The van der Waals surface area contributed by atoms with Gasteiger partial charge in [0.1, 0.15) is 0 Å². The molecule has 1 aromatic carbocycles. The van der Waals surface area contributed by atoms with Crippen molar-refractivity contribution in [3.8, 4) is 0 Å². The second-order valence-corrected chi connectivity index (χ2v) is 5.54. The summed E-state index contributed by atoms with van der Waals surface area (Å²) in [6, 6.07) is 7.89. The van der Waals surface area contributed by atoms with Crippen LogP contribution in [0.3, 0.4) is 0 Å². The summed E-state index contributed by atoms with van der Waals surface area (Å²) in [5.74, 6) is 0.215. The zero-order chi connectivity index (χ0) is 14.0. The van der Waals surface area contributed by atoms with Gasteiger partial charge in [-0.2, -0.15) is 0 Å². The molecule has 1 aromatic rings. The number of anilines is 1. The second kappa shape index (κ2) is 5.08. The Balaban J connectivity index is 2.26. The molecule has 0 aliphatic heterocycles. The van der Waals surface area contributed by atoms with Crippen LogP contribution < -0.4 is 5.73 Å². The van der Waals surface area contributed by atoms with Crippen molar-refractivity contribution in [1.29, 1.82) is 0 Å². The Bertz CT molecular complexity index is 472. The highest BCUT2D eigenvalue weighted by molar-refractivity contribution is 5.91. The topological polar surface area (TPSA) is 46.3 Å². The molecule has 0 bridgehead atoms. The molecule has 19 heavy (non-hydrogen) atoms. The van der Waals surface area contributed by atoms with E-state index >= 15 is 0 Å². The number of carbonyl (C=O) groups excluding carboxylic acids is 1. The van der Waals surface area contributed by atoms with Crippen LogP contribution in [0.2, 0.25) is 0 Å². The molecule has 0 spiro atoms. The van der Waals surface area contributed by atoms with Gasteiger partial charge in [-0.15, -0.1) is 6.58 Å². The summed E-state index contributed by atoms with van der Waals surface area (Å²) >= 11 is 0. The number of amides is 1. The molecule has 1 fully saturated rings. The summed E-state index contributed by atoms with van der Waals surface area (Å²) < 4.78 is 0. The third kappa shape index (κ3) is 2.50. The van der Waals surface area contributed by atoms with E-state index in [0.29, 0.717) is 6.54 Å². The van der Waals surface area contributed by atoms with Crippen molar-refractivity contribution in [3.05, 3.63) is 42.5 Å². The van der Waals surface area contributed by atoms with Crippen molar-refractivity contribution in [2.24, 2.45) is 0 Å². The minimum atomic E-state index is -0.318. The van der Waals surface area contributed by atoms with Gasteiger partial charge in [0.15, 0.2) is 0 Å². The SMILES string of the molecule is C=CCN(C(=O)C1(c2ccc(N)cc2)CC1)C(C)C. The number of hydrogen-bond acceptors (Lipinski definition) is 2. The lowest BCUT2D eigenvalue weighted by Gasteiger charge is -2.30. The number of nitrogens with zero attached hydrogens (tertiary/aromatic N) is 1. The summed E-state index contributed by atoms with van der Waals surface area (Å²) in [5.41, 5.74) is 7.21. The molecule has 2 rings (SSSR count). The third-order valence-electron chi connectivity index (χ3n) is 3.83. The maximum absolute atomic E-state index is 12.8. The van der Waals surface area contributed by atoms with Crippen LogP contribution in [0, 0.1) is 0 Å². The number of benzene rings is 1. The van der Waals surface area contributed by atoms with Gasteiger partial charge in [0, 0.05) is 18.3 Å². The number of rotatable bonds is 5. The number of hydrogen-bond donors (Lipinski definition) is 1. The van der Waals surface area contributed by atoms with Crippen LogP contribution in [0.1, 0.15) is 32.3 Å². The van der Waals surface area contributed by atoms with Crippen LogP contribution in [0.15, 0.2) is 36.9 Å². The van der Waals surface area contributed by atoms with Crippen LogP contribution in [-0.2, 0) is 10.2 Å². The lowest BCUT2D eigenvalue weighted by molar-refractivity contribution is -0.135. The van der Waals surface area contributed by atoms with Gasteiger partial charge in [-0.05, 0) is 44.4 Å². The van der Waals surface area contributed by atoms with Crippen molar-refractivity contribution in [2.75, 3.05) is 12.3 Å². The van der Waals surface area contributed by atoms with Gasteiger partial charge < -0.3 is 10.6 Å². The van der Waals surface area contributed by atoms with E-state index in [0.717, 1.165) is 24.1 Å². The fraction of sp³-hybridized carbons (Fsp3) is 0.438. The highest BCUT2D eigenvalue weighted by Gasteiger charge is 2.53. The van der Waals surface area contributed by atoms with E-state index in [1.807, 2.05) is 43.0 Å². The summed E-state index contributed by atoms with van der Waals surface area (Å²) in [6.45, 7) is 8.43. The minimum Gasteiger partial charge on any atom is -0.399 e. The van der Waals surface area contributed by atoms with E-state index in [9.17, 15) is 4.79 Å². The summed E-state index contributed by atoms with van der Waals surface area (Å²) in [4.78, 5) is 14.7. The molecule has 102 valence electrons. The van der Waals surface area contributed by atoms with Crippen molar-refractivity contribution in [1.82, 2.24) is 4.90 Å². The average molecular weight is 258 g/mol. The van der Waals surface area contributed by atoms with Crippen molar-refractivity contribution >= 4 is 11.6 Å². The van der Waals surface area contributed by atoms with Crippen LogP contribution >= 0.6 is 0 Å². The van der Waals surface area contributed by atoms with E-state index < -0.39 is 0 Å². The normalized spacial score (nSPS) is 16.2. The van der Waals surface area contributed by atoms with Gasteiger partial charge >= 0.3 is 0 Å². The third-order valence-corrected chi connectivity index (χ3v) is 3.83. The molecule has 0 heterocycles. The Hall–Kier alpha value is -1.77. The maximum Gasteiger partial charge on any atom is 0.233 e. The van der Waals surface area contributed by atoms with Crippen molar-refractivity contribution in [2.45, 2.75) is 38.1 Å². The predicted octanol–water partition coefficient (Wildman–Crippen LogP) is 2.72. The molecule has 1 aliphatic rings. The first-order valence-corrected chi connectivity index (χ1v) is 6.79. The largest absolute Gasteiger partial charge is 0.399 e. The molecule has 2 N–H and O–H groups in total. The Morgan fingerprint density at radius 2 is 2.00 bits per heavy atom. The number of nitrogen functional groups attached to an aromatic ring is 1. The molecule has 0 atom stereocenters. The molecule has 0 saturated heterocycles. The van der Waals surface area contributed by atoms with Gasteiger partial charge in [0.05, 0.1) is 5.41 Å². The van der Waals surface area contributed by atoms with E-state index in [1.54, 1.807) is 6.08 Å². The molecule has 0 aromatic heterocycles. The van der Waals surface area contributed by atoms with E-state index in [4.69, 9.17) is 5.73 Å². The average Bonchev–Trinajstić information content (AvgIpc) is 3.17. The van der Waals surface area contributed by atoms with Gasteiger partial charge in [-0.1, -0.05) is 18.2 Å². The highest BCUT2D eigenvalue weighted by Crippen LogP contribution is 2.50. The number of carbonyl (C=O) groups is 1. The van der Waals surface area contributed by atoms with Crippen molar-refractivity contribution < 1.29 is 4.79 Å². The minimum absolute atomic E-state index is 0.191. The summed E-state index contributed by atoms with van der Waals surface area (Å²) in [7, 11) is 0. The molecule has 3 heteroatoms. The monoisotopic (exact) mass is 258 g/mol. The fourth-order valence-electron chi connectivity index (χ4n) is 2.50. The van der Waals surface area contributed by atoms with Crippen LogP contribution in [0.5, 0.6) is 0 Å². The predicted molar refractivity (Wildman–Crippen MR) is 78.8 cm³/mol. The van der Waals surface area contributed by atoms with Crippen LogP contribution in [0.4, 0.5) is 5.69 Å².